The fraction of sp³-hybridized carbons (Fsp3) is 0.200. The SMILES string of the molecule is Cc1cccc(OCCNC(=O)c2ccc(Br)cn2)c1. The molecule has 104 valence electrons. The van der Waals surface area contributed by atoms with Crippen LogP contribution in [0.2, 0.25) is 0 Å². The first-order valence-electron chi connectivity index (χ1n) is 6.24. The Bertz CT molecular complexity index is 585. The number of aryl methyl sites for hydroxylation is 1. The molecule has 2 rings (SSSR count). The van der Waals surface area contributed by atoms with Gasteiger partial charge in [-0.1, -0.05) is 12.1 Å². The van der Waals surface area contributed by atoms with Gasteiger partial charge in [-0.2, -0.15) is 0 Å². The summed E-state index contributed by atoms with van der Waals surface area (Å²) in [7, 11) is 0. The number of ether oxygens (including phenoxy) is 1. The summed E-state index contributed by atoms with van der Waals surface area (Å²) in [6, 6.07) is 11.2. The van der Waals surface area contributed by atoms with Crippen molar-refractivity contribution in [2.24, 2.45) is 0 Å². The van der Waals surface area contributed by atoms with Crippen LogP contribution in [0, 0.1) is 6.92 Å². The Hall–Kier alpha value is -1.88. The van der Waals surface area contributed by atoms with Crippen LogP contribution in [0.25, 0.3) is 0 Å². The van der Waals surface area contributed by atoms with Crippen LogP contribution in [-0.2, 0) is 0 Å². The summed E-state index contributed by atoms with van der Waals surface area (Å²) in [6.45, 7) is 2.87. The van der Waals surface area contributed by atoms with E-state index >= 15 is 0 Å². The molecule has 4 nitrogen and oxygen atoms in total. The molecule has 0 aliphatic rings. The van der Waals surface area contributed by atoms with E-state index in [1.165, 1.54) is 0 Å². The van der Waals surface area contributed by atoms with Crippen LogP contribution in [0.15, 0.2) is 47.1 Å². The molecular formula is C15H15BrN2O2. The van der Waals surface area contributed by atoms with Crippen LogP contribution in [0.4, 0.5) is 0 Å². The molecule has 0 unspecified atom stereocenters. The van der Waals surface area contributed by atoms with E-state index in [1.54, 1.807) is 18.3 Å². The normalized spacial score (nSPS) is 10.1. The number of pyridine rings is 1. The number of aromatic nitrogens is 1. The van der Waals surface area contributed by atoms with Crippen LogP contribution < -0.4 is 10.1 Å². The lowest BCUT2D eigenvalue weighted by Gasteiger charge is -2.08. The highest BCUT2D eigenvalue weighted by atomic mass is 79.9. The van der Waals surface area contributed by atoms with Crippen molar-refractivity contribution in [2.45, 2.75) is 6.92 Å². The predicted molar refractivity (Wildman–Crippen MR) is 80.9 cm³/mol. The summed E-state index contributed by atoms with van der Waals surface area (Å²) in [6.07, 6.45) is 1.60. The predicted octanol–water partition coefficient (Wildman–Crippen LogP) is 2.96. The second-order valence-electron chi connectivity index (χ2n) is 4.28. The molecular weight excluding hydrogens is 320 g/mol. The minimum atomic E-state index is -0.203. The number of hydrogen-bond acceptors (Lipinski definition) is 3. The van der Waals surface area contributed by atoms with Gasteiger partial charge in [-0.3, -0.25) is 4.79 Å². The van der Waals surface area contributed by atoms with Crippen molar-refractivity contribution in [3.8, 4) is 5.75 Å². The lowest BCUT2D eigenvalue weighted by molar-refractivity contribution is 0.0942. The second kappa shape index (κ2) is 7.05. The zero-order valence-corrected chi connectivity index (χ0v) is 12.7. The van der Waals surface area contributed by atoms with Crippen LogP contribution >= 0.6 is 15.9 Å². The Morgan fingerprint density at radius 2 is 2.20 bits per heavy atom. The summed E-state index contributed by atoms with van der Waals surface area (Å²) in [5, 5.41) is 2.76. The fourth-order valence-electron chi connectivity index (χ4n) is 1.64. The number of carbonyl (C=O) groups excluding carboxylic acids is 1. The highest BCUT2D eigenvalue weighted by Gasteiger charge is 2.05. The molecule has 1 aromatic carbocycles. The van der Waals surface area contributed by atoms with Crippen molar-refractivity contribution in [3.05, 3.63) is 58.3 Å². The number of rotatable bonds is 5. The molecule has 0 bridgehead atoms. The van der Waals surface area contributed by atoms with Gasteiger partial charge in [0.05, 0.1) is 6.54 Å². The van der Waals surface area contributed by atoms with Crippen LogP contribution in [-0.4, -0.2) is 24.0 Å². The van der Waals surface area contributed by atoms with E-state index in [1.807, 2.05) is 31.2 Å². The third-order valence-corrected chi connectivity index (χ3v) is 3.07. The van der Waals surface area contributed by atoms with Gasteiger partial charge < -0.3 is 10.1 Å². The number of nitrogens with one attached hydrogen (secondary N) is 1. The Kier molecular flexibility index (Phi) is 5.12. The number of amides is 1. The molecule has 0 saturated carbocycles. The topological polar surface area (TPSA) is 51.2 Å². The summed E-state index contributed by atoms with van der Waals surface area (Å²) in [4.78, 5) is 15.8. The number of carbonyl (C=O) groups is 1. The molecule has 0 fully saturated rings. The molecule has 0 aliphatic carbocycles. The molecule has 2 aromatic rings. The van der Waals surface area contributed by atoms with Crippen LogP contribution in [0.5, 0.6) is 5.75 Å². The Morgan fingerprint density at radius 1 is 1.35 bits per heavy atom. The third kappa shape index (κ3) is 4.35. The standard InChI is InChI=1S/C15H15BrN2O2/c1-11-3-2-4-13(9-11)20-8-7-17-15(19)14-6-5-12(16)10-18-14/h2-6,9-10H,7-8H2,1H3,(H,17,19). The van der Waals surface area contributed by atoms with Crippen LogP contribution in [0.1, 0.15) is 16.1 Å². The van der Waals surface area contributed by atoms with Crippen molar-refractivity contribution in [1.82, 2.24) is 10.3 Å². The molecule has 0 atom stereocenters. The number of halogens is 1. The van der Waals surface area contributed by atoms with E-state index in [0.717, 1.165) is 15.8 Å². The molecule has 0 radical (unpaired) electrons. The Morgan fingerprint density at radius 3 is 2.90 bits per heavy atom. The van der Waals surface area contributed by atoms with Gasteiger partial charge in [-0.15, -0.1) is 0 Å². The molecule has 0 saturated heterocycles. The van der Waals surface area contributed by atoms with Gasteiger partial charge in [0.25, 0.3) is 5.91 Å². The van der Waals surface area contributed by atoms with Gasteiger partial charge in [0.2, 0.25) is 0 Å². The molecule has 0 aliphatic heterocycles. The van der Waals surface area contributed by atoms with Crippen molar-refractivity contribution >= 4 is 21.8 Å². The molecule has 1 heterocycles. The van der Waals surface area contributed by atoms with Gasteiger partial charge in [0.15, 0.2) is 0 Å². The molecule has 1 N–H and O–H groups in total. The maximum Gasteiger partial charge on any atom is 0.269 e. The summed E-state index contributed by atoms with van der Waals surface area (Å²) < 4.78 is 6.39. The minimum absolute atomic E-state index is 0.203. The minimum Gasteiger partial charge on any atom is -0.492 e. The quantitative estimate of drug-likeness (QED) is 0.855. The van der Waals surface area contributed by atoms with Gasteiger partial charge in [-0.05, 0) is 52.7 Å². The molecule has 5 heteroatoms. The first-order valence-corrected chi connectivity index (χ1v) is 7.03. The molecule has 0 spiro atoms. The second-order valence-corrected chi connectivity index (χ2v) is 5.20. The highest BCUT2D eigenvalue weighted by Crippen LogP contribution is 2.11. The Labute approximate surface area is 126 Å². The van der Waals surface area contributed by atoms with E-state index in [9.17, 15) is 4.79 Å². The van der Waals surface area contributed by atoms with Gasteiger partial charge in [0.1, 0.15) is 18.1 Å². The average molecular weight is 335 g/mol. The summed E-state index contributed by atoms with van der Waals surface area (Å²) in [5.74, 6) is 0.603. The summed E-state index contributed by atoms with van der Waals surface area (Å²) >= 11 is 3.28. The van der Waals surface area contributed by atoms with Crippen molar-refractivity contribution in [3.63, 3.8) is 0 Å². The number of benzene rings is 1. The zero-order valence-electron chi connectivity index (χ0n) is 11.1. The monoisotopic (exact) mass is 334 g/mol. The number of nitrogens with zero attached hydrogens (tertiary/aromatic N) is 1. The van der Waals surface area contributed by atoms with Crippen molar-refractivity contribution < 1.29 is 9.53 Å². The average Bonchev–Trinajstić information content (AvgIpc) is 2.44. The fourth-order valence-corrected chi connectivity index (χ4v) is 1.87. The van der Waals surface area contributed by atoms with Gasteiger partial charge in [-0.25, -0.2) is 4.98 Å². The van der Waals surface area contributed by atoms with E-state index in [-0.39, 0.29) is 5.91 Å². The molecule has 20 heavy (non-hydrogen) atoms. The summed E-state index contributed by atoms with van der Waals surface area (Å²) in [5.41, 5.74) is 1.54. The lowest BCUT2D eigenvalue weighted by atomic mass is 10.2. The first kappa shape index (κ1) is 14.5. The van der Waals surface area contributed by atoms with Gasteiger partial charge >= 0.3 is 0 Å². The molecule has 1 aromatic heterocycles. The van der Waals surface area contributed by atoms with Crippen LogP contribution in [0.3, 0.4) is 0 Å². The van der Waals surface area contributed by atoms with E-state index in [2.05, 4.69) is 26.2 Å². The third-order valence-electron chi connectivity index (χ3n) is 2.61. The lowest BCUT2D eigenvalue weighted by Crippen LogP contribution is -2.28. The van der Waals surface area contributed by atoms with E-state index in [4.69, 9.17) is 4.74 Å². The highest BCUT2D eigenvalue weighted by molar-refractivity contribution is 9.10. The largest absolute Gasteiger partial charge is 0.492 e. The smallest absolute Gasteiger partial charge is 0.269 e. The number of hydrogen-bond donors (Lipinski definition) is 1. The van der Waals surface area contributed by atoms with E-state index < -0.39 is 0 Å². The van der Waals surface area contributed by atoms with Gasteiger partial charge in [0, 0.05) is 10.7 Å². The Balaban J connectivity index is 1.76. The maximum absolute atomic E-state index is 11.8. The van der Waals surface area contributed by atoms with E-state index in [0.29, 0.717) is 18.8 Å². The van der Waals surface area contributed by atoms with Crippen molar-refractivity contribution in [1.29, 1.82) is 0 Å². The molecule has 1 amide bonds. The first-order chi connectivity index (χ1) is 9.65. The van der Waals surface area contributed by atoms with Crippen molar-refractivity contribution in [2.75, 3.05) is 13.2 Å². The maximum atomic E-state index is 11.8. The zero-order chi connectivity index (χ0) is 14.4.